The van der Waals surface area contributed by atoms with E-state index < -0.39 is 11.7 Å². The molecule has 1 fully saturated rings. The molecule has 1 aliphatic rings. The summed E-state index contributed by atoms with van der Waals surface area (Å²) in [6.07, 6.45) is -0.447. The van der Waals surface area contributed by atoms with Crippen LogP contribution in [-0.4, -0.2) is 12.7 Å². The Labute approximate surface area is 94.3 Å². The molecule has 1 nitrogen and oxygen atoms in total. The Hall–Kier alpha value is -0.670. The van der Waals surface area contributed by atoms with Crippen molar-refractivity contribution in [1.29, 1.82) is 0 Å². The van der Waals surface area contributed by atoms with Gasteiger partial charge in [-0.1, -0.05) is 12.1 Å². The molecule has 1 aliphatic heterocycles. The predicted molar refractivity (Wildman–Crippen MR) is 58.5 cm³/mol. The number of hydrogen-bond donors (Lipinski definition) is 1. The fraction of sp³-hybridized carbons (Fsp3) is 0.455. The largest absolute Gasteiger partial charge is 0.305 e. The van der Waals surface area contributed by atoms with E-state index in [-0.39, 0.29) is 18.2 Å². The van der Waals surface area contributed by atoms with Gasteiger partial charge in [0.05, 0.1) is 5.54 Å². The number of rotatable bonds is 1. The molecule has 0 aromatic heterocycles. The van der Waals surface area contributed by atoms with Crippen molar-refractivity contribution in [2.24, 2.45) is 0 Å². The quantitative estimate of drug-likeness (QED) is 0.787. The highest BCUT2D eigenvalue weighted by Crippen LogP contribution is 2.33. The minimum Gasteiger partial charge on any atom is -0.305 e. The first-order valence-electron chi connectivity index (χ1n) is 4.78. The highest BCUT2D eigenvalue weighted by molar-refractivity contribution is 5.85. The first kappa shape index (κ1) is 12.4. The van der Waals surface area contributed by atoms with E-state index in [0.717, 1.165) is 0 Å². The number of hydrogen-bond acceptors (Lipinski definition) is 1. The third-order valence-corrected chi connectivity index (χ3v) is 2.94. The molecule has 84 valence electrons. The van der Waals surface area contributed by atoms with Gasteiger partial charge in [0, 0.05) is 0 Å². The molecular weight excluding hydrogens is 220 g/mol. The summed E-state index contributed by atoms with van der Waals surface area (Å²) >= 11 is 0. The van der Waals surface area contributed by atoms with E-state index in [4.69, 9.17) is 0 Å². The second-order valence-corrected chi connectivity index (χ2v) is 3.90. The van der Waals surface area contributed by atoms with E-state index in [0.29, 0.717) is 18.5 Å². The standard InChI is InChI=1S/C11H13F2N.ClH/c1-11(10(13)5-6-14-11)8-3-2-4-9(12)7-8;/h2-4,7,10,14H,5-6H2,1H3;1H. The summed E-state index contributed by atoms with van der Waals surface area (Å²) in [5.41, 5.74) is -0.0373. The summed E-state index contributed by atoms with van der Waals surface area (Å²) in [6, 6.07) is 6.14. The zero-order chi connectivity index (χ0) is 10.2. The van der Waals surface area contributed by atoms with Crippen molar-refractivity contribution >= 4 is 12.4 Å². The SMILES string of the molecule is CC1(c2cccc(F)c2)NCCC1F.Cl. The summed E-state index contributed by atoms with van der Waals surface area (Å²) in [4.78, 5) is 0. The first-order valence-corrected chi connectivity index (χ1v) is 4.78. The van der Waals surface area contributed by atoms with Crippen LogP contribution in [0.4, 0.5) is 8.78 Å². The Balaban J connectivity index is 0.00000112. The molecule has 2 atom stereocenters. The molecule has 4 heteroatoms. The second kappa shape index (κ2) is 4.45. The van der Waals surface area contributed by atoms with E-state index in [1.54, 1.807) is 19.1 Å². The van der Waals surface area contributed by atoms with Crippen molar-refractivity contribution in [1.82, 2.24) is 5.32 Å². The molecule has 15 heavy (non-hydrogen) atoms. The number of nitrogens with one attached hydrogen (secondary N) is 1. The molecule has 0 amide bonds. The van der Waals surface area contributed by atoms with Gasteiger partial charge >= 0.3 is 0 Å². The number of halogens is 3. The van der Waals surface area contributed by atoms with Crippen LogP contribution in [0.5, 0.6) is 0 Å². The molecule has 0 saturated carbocycles. The molecule has 1 N–H and O–H groups in total. The van der Waals surface area contributed by atoms with Crippen molar-refractivity contribution in [3.05, 3.63) is 35.6 Å². The lowest BCUT2D eigenvalue weighted by Crippen LogP contribution is -2.39. The lowest BCUT2D eigenvalue weighted by molar-refractivity contribution is 0.219. The van der Waals surface area contributed by atoms with Crippen LogP contribution in [0.3, 0.4) is 0 Å². The van der Waals surface area contributed by atoms with Crippen LogP contribution < -0.4 is 5.32 Å². The highest BCUT2D eigenvalue weighted by Gasteiger charge is 2.40. The maximum atomic E-state index is 13.6. The molecule has 1 aromatic carbocycles. The zero-order valence-electron chi connectivity index (χ0n) is 8.47. The number of alkyl halides is 1. The Morgan fingerprint density at radius 2 is 2.20 bits per heavy atom. The van der Waals surface area contributed by atoms with E-state index in [2.05, 4.69) is 5.32 Å². The van der Waals surface area contributed by atoms with E-state index in [1.165, 1.54) is 12.1 Å². The smallest absolute Gasteiger partial charge is 0.123 e. The van der Waals surface area contributed by atoms with E-state index in [9.17, 15) is 8.78 Å². The predicted octanol–water partition coefficient (Wildman–Crippen LogP) is 2.79. The third kappa shape index (κ3) is 2.13. The summed E-state index contributed by atoms with van der Waals surface area (Å²) in [5, 5.41) is 3.08. The van der Waals surface area contributed by atoms with Crippen molar-refractivity contribution in [2.45, 2.75) is 25.1 Å². The minimum absolute atomic E-state index is 0. The number of benzene rings is 1. The molecule has 0 spiro atoms. The van der Waals surface area contributed by atoms with Crippen LogP contribution in [0.1, 0.15) is 18.9 Å². The second-order valence-electron chi connectivity index (χ2n) is 3.90. The topological polar surface area (TPSA) is 12.0 Å². The van der Waals surface area contributed by atoms with Gasteiger partial charge in [-0.15, -0.1) is 12.4 Å². The van der Waals surface area contributed by atoms with Crippen LogP contribution in [0, 0.1) is 5.82 Å². The van der Waals surface area contributed by atoms with Gasteiger partial charge in [-0.2, -0.15) is 0 Å². The third-order valence-electron chi connectivity index (χ3n) is 2.94. The minimum atomic E-state index is -0.940. The van der Waals surface area contributed by atoms with Crippen molar-refractivity contribution in [3.8, 4) is 0 Å². The first-order chi connectivity index (χ1) is 6.63. The Morgan fingerprint density at radius 3 is 2.73 bits per heavy atom. The van der Waals surface area contributed by atoms with Crippen LogP contribution in [0.2, 0.25) is 0 Å². The summed E-state index contributed by atoms with van der Waals surface area (Å²) < 4.78 is 26.6. The van der Waals surface area contributed by atoms with Gasteiger partial charge < -0.3 is 5.32 Å². The van der Waals surface area contributed by atoms with Gasteiger partial charge in [-0.25, -0.2) is 8.78 Å². The molecule has 0 bridgehead atoms. The maximum Gasteiger partial charge on any atom is 0.123 e. The van der Waals surface area contributed by atoms with Crippen LogP contribution in [0.15, 0.2) is 24.3 Å². The van der Waals surface area contributed by atoms with Gasteiger partial charge in [0.15, 0.2) is 0 Å². The fourth-order valence-corrected chi connectivity index (χ4v) is 1.95. The van der Waals surface area contributed by atoms with Crippen molar-refractivity contribution in [2.75, 3.05) is 6.54 Å². The average Bonchev–Trinajstić information content (AvgIpc) is 2.49. The Kier molecular flexibility index (Phi) is 3.68. The lowest BCUT2D eigenvalue weighted by Gasteiger charge is -2.27. The zero-order valence-corrected chi connectivity index (χ0v) is 9.28. The van der Waals surface area contributed by atoms with Crippen LogP contribution >= 0.6 is 12.4 Å². The van der Waals surface area contributed by atoms with Gasteiger partial charge in [-0.05, 0) is 37.6 Å². The lowest BCUT2D eigenvalue weighted by atomic mass is 9.89. The molecule has 1 aromatic rings. The van der Waals surface area contributed by atoms with Crippen molar-refractivity contribution < 1.29 is 8.78 Å². The monoisotopic (exact) mass is 233 g/mol. The molecule has 0 aliphatic carbocycles. The molecule has 2 unspecified atom stereocenters. The summed E-state index contributed by atoms with van der Waals surface area (Å²) in [6.45, 7) is 2.42. The van der Waals surface area contributed by atoms with Gasteiger partial charge in [0.25, 0.3) is 0 Å². The molecule has 2 rings (SSSR count). The van der Waals surface area contributed by atoms with Crippen LogP contribution in [-0.2, 0) is 5.54 Å². The summed E-state index contributed by atoms with van der Waals surface area (Å²) in [5.74, 6) is -0.315. The van der Waals surface area contributed by atoms with E-state index >= 15 is 0 Å². The van der Waals surface area contributed by atoms with E-state index in [1.807, 2.05) is 0 Å². The van der Waals surface area contributed by atoms with Crippen LogP contribution in [0.25, 0.3) is 0 Å². The Bertz CT molecular complexity index is 345. The molecule has 0 radical (unpaired) electrons. The summed E-state index contributed by atoms with van der Waals surface area (Å²) in [7, 11) is 0. The fourth-order valence-electron chi connectivity index (χ4n) is 1.95. The van der Waals surface area contributed by atoms with Gasteiger partial charge in [0.2, 0.25) is 0 Å². The maximum absolute atomic E-state index is 13.6. The van der Waals surface area contributed by atoms with Crippen molar-refractivity contribution in [3.63, 3.8) is 0 Å². The molecule has 1 saturated heterocycles. The normalized spacial score (nSPS) is 29.9. The van der Waals surface area contributed by atoms with Gasteiger partial charge in [0.1, 0.15) is 12.0 Å². The average molecular weight is 234 g/mol. The molecule has 1 heterocycles. The van der Waals surface area contributed by atoms with Gasteiger partial charge in [-0.3, -0.25) is 0 Å². The highest BCUT2D eigenvalue weighted by atomic mass is 35.5. The Morgan fingerprint density at radius 1 is 1.47 bits per heavy atom. The molecular formula is C11H14ClF2N.